The van der Waals surface area contributed by atoms with Crippen molar-refractivity contribution in [1.29, 1.82) is 0 Å². The van der Waals surface area contributed by atoms with Crippen LogP contribution in [0.1, 0.15) is 44.1 Å². The summed E-state index contributed by atoms with van der Waals surface area (Å²) >= 11 is 12.4. The monoisotopic (exact) mass is 365 g/mol. The van der Waals surface area contributed by atoms with Crippen molar-refractivity contribution in [2.24, 2.45) is 5.92 Å². The van der Waals surface area contributed by atoms with Gasteiger partial charge in [-0.05, 0) is 24.5 Å². The molecule has 0 unspecified atom stereocenters. The summed E-state index contributed by atoms with van der Waals surface area (Å²) in [6.07, 6.45) is 8.32. The minimum absolute atomic E-state index is 0.0360. The summed E-state index contributed by atoms with van der Waals surface area (Å²) in [6.45, 7) is 0.420. The van der Waals surface area contributed by atoms with Crippen molar-refractivity contribution in [2.75, 3.05) is 5.32 Å². The molecule has 128 valence electrons. The number of carbonyl (C=O) groups is 1. The fraction of sp³-hybridized carbons (Fsp3) is 0.444. The van der Waals surface area contributed by atoms with Gasteiger partial charge in [-0.15, -0.1) is 0 Å². The Morgan fingerprint density at radius 3 is 2.62 bits per heavy atom. The zero-order chi connectivity index (χ0) is 16.9. The predicted molar refractivity (Wildman–Crippen MR) is 97.6 cm³/mol. The SMILES string of the molecule is O=C(CCC1CCCC1)Nc1ccnn1Cc1c(Cl)cccc1Cl. The molecule has 1 aliphatic rings. The second kappa shape index (κ2) is 8.04. The molecule has 6 heteroatoms. The number of hydrogen-bond donors (Lipinski definition) is 1. The van der Waals surface area contributed by atoms with E-state index in [4.69, 9.17) is 23.2 Å². The molecular formula is C18H21Cl2N3O. The Morgan fingerprint density at radius 1 is 1.21 bits per heavy atom. The zero-order valence-electron chi connectivity index (χ0n) is 13.5. The van der Waals surface area contributed by atoms with E-state index in [0.717, 1.165) is 12.0 Å². The highest BCUT2D eigenvalue weighted by atomic mass is 35.5. The Labute approximate surface area is 152 Å². The molecule has 3 rings (SSSR count). The highest BCUT2D eigenvalue weighted by Crippen LogP contribution is 2.29. The minimum atomic E-state index is 0.0360. The van der Waals surface area contributed by atoms with Gasteiger partial charge in [0.15, 0.2) is 0 Å². The molecule has 1 fully saturated rings. The Hall–Kier alpha value is -1.52. The maximum absolute atomic E-state index is 12.2. The van der Waals surface area contributed by atoms with Gasteiger partial charge >= 0.3 is 0 Å². The molecule has 0 radical (unpaired) electrons. The molecule has 1 N–H and O–H groups in total. The number of rotatable bonds is 6. The highest BCUT2D eigenvalue weighted by Gasteiger charge is 2.17. The van der Waals surface area contributed by atoms with Crippen molar-refractivity contribution >= 4 is 34.9 Å². The molecular weight excluding hydrogens is 345 g/mol. The van der Waals surface area contributed by atoms with Gasteiger partial charge in [-0.25, -0.2) is 4.68 Å². The topological polar surface area (TPSA) is 46.9 Å². The number of aromatic nitrogens is 2. The Kier molecular flexibility index (Phi) is 5.80. The standard InChI is InChI=1S/C18H21Cl2N3O/c19-15-6-3-7-16(20)14(15)12-23-17(10-11-21-23)22-18(24)9-8-13-4-1-2-5-13/h3,6-7,10-11,13H,1-2,4-5,8-9,12H2,(H,22,24). The molecule has 0 atom stereocenters. The lowest BCUT2D eigenvalue weighted by Gasteiger charge is -2.12. The van der Waals surface area contributed by atoms with E-state index < -0.39 is 0 Å². The summed E-state index contributed by atoms with van der Waals surface area (Å²) in [7, 11) is 0. The summed E-state index contributed by atoms with van der Waals surface area (Å²) in [5, 5.41) is 8.41. The van der Waals surface area contributed by atoms with Gasteiger partial charge in [-0.3, -0.25) is 4.79 Å². The van der Waals surface area contributed by atoms with Crippen LogP contribution in [-0.4, -0.2) is 15.7 Å². The minimum Gasteiger partial charge on any atom is -0.311 e. The van der Waals surface area contributed by atoms with Gasteiger partial charge in [0, 0.05) is 28.1 Å². The molecule has 1 heterocycles. The van der Waals surface area contributed by atoms with Crippen LogP contribution in [0.4, 0.5) is 5.82 Å². The van der Waals surface area contributed by atoms with Crippen LogP contribution < -0.4 is 5.32 Å². The Balaban J connectivity index is 1.61. The molecule has 1 aliphatic carbocycles. The first-order valence-corrected chi connectivity index (χ1v) is 9.13. The average Bonchev–Trinajstić information content (AvgIpc) is 3.21. The fourth-order valence-electron chi connectivity index (χ4n) is 3.24. The first-order valence-electron chi connectivity index (χ1n) is 8.38. The Bertz CT molecular complexity index is 688. The quantitative estimate of drug-likeness (QED) is 0.769. The molecule has 4 nitrogen and oxygen atoms in total. The molecule has 0 saturated heterocycles. The average molecular weight is 366 g/mol. The van der Waals surface area contributed by atoms with Crippen molar-refractivity contribution < 1.29 is 4.79 Å². The molecule has 2 aromatic rings. The molecule has 1 aromatic carbocycles. The van der Waals surface area contributed by atoms with Crippen LogP contribution in [0.3, 0.4) is 0 Å². The summed E-state index contributed by atoms with van der Waals surface area (Å²) in [5.74, 6) is 1.42. The normalized spacial score (nSPS) is 14.9. The number of amides is 1. The van der Waals surface area contributed by atoms with Crippen molar-refractivity contribution in [3.63, 3.8) is 0 Å². The molecule has 1 amide bonds. The van der Waals surface area contributed by atoms with E-state index in [0.29, 0.717) is 34.7 Å². The number of hydrogen-bond acceptors (Lipinski definition) is 2. The van der Waals surface area contributed by atoms with Crippen molar-refractivity contribution in [3.05, 3.63) is 46.1 Å². The lowest BCUT2D eigenvalue weighted by Crippen LogP contribution is -2.16. The lowest BCUT2D eigenvalue weighted by atomic mass is 10.0. The number of anilines is 1. The Morgan fingerprint density at radius 2 is 1.92 bits per heavy atom. The van der Waals surface area contributed by atoms with E-state index in [1.54, 1.807) is 29.1 Å². The van der Waals surface area contributed by atoms with Crippen LogP contribution in [0.5, 0.6) is 0 Å². The van der Waals surface area contributed by atoms with Crippen LogP contribution in [0.2, 0.25) is 10.0 Å². The predicted octanol–water partition coefficient (Wildman–Crippen LogP) is 5.15. The van der Waals surface area contributed by atoms with Gasteiger partial charge in [0.1, 0.15) is 5.82 Å². The second-order valence-corrected chi connectivity index (χ2v) is 7.13. The molecule has 0 spiro atoms. The van der Waals surface area contributed by atoms with Gasteiger partial charge in [-0.2, -0.15) is 5.10 Å². The first kappa shape index (κ1) is 17.3. The van der Waals surface area contributed by atoms with Crippen molar-refractivity contribution in [2.45, 2.75) is 45.1 Å². The fourth-order valence-corrected chi connectivity index (χ4v) is 3.75. The molecule has 0 bridgehead atoms. The van der Waals surface area contributed by atoms with Crippen molar-refractivity contribution in [1.82, 2.24) is 9.78 Å². The molecule has 0 aliphatic heterocycles. The van der Waals surface area contributed by atoms with Crippen LogP contribution in [0.15, 0.2) is 30.5 Å². The summed E-state index contributed by atoms with van der Waals surface area (Å²) in [4.78, 5) is 12.2. The van der Waals surface area contributed by atoms with E-state index in [1.807, 2.05) is 6.07 Å². The number of halogens is 2. The van der Waals surface area contributed by atoms with Crippen LogP contribution in [0, 0.1) is 5.92 Å². The van der Waals surface area contributed by atoms with Crippen LogP contribution in [-0.2, 0) is 11.3 Å². The van der Waals surface area contributed by atoms with E-state index in [9.17, 15) is 4.79 Å². The molecule has 1 aromatic heterocycles. The number of benzene rings is 1. The first-order chi connectivity index (χ1) is 11.6. The van der Waals surface area contributed by atoms with Gasteiger partial charge in [-0.1, -0.05) is 55.0 Å². The molecule has 1 saturated carbocycles. The van der Waals surface area contributed by atoms with Gasteiger partial charge in [0.25, 0.3) is 0 Å². The third-order valence-electron chi connectivity index (χ3n) is 4.61. The number of carbonyl (C=O) groups excluding carboxylic acids is 1. The van der Waals surface area contributed by atoms with Gasteiger partial charge in [0.05, 0.1) is 12.7 Å². The third kappa shape index (κ3) is 4.31. The van der Waals surface area contributed by atoms with E-state index in [-0.39, 0.29) is 5.91 Å². The van der Waals surface area contributed by atoms with Crippen molar-refractivity contribution in [3.8, 4) is 0 Å². The third-order valence-corrected chi connectivity index (χ3v) is 5.32. The van der Waals surface area contributed by atoms with E-state index in [2.05, 4.69) is 10.4 Å². The maximum atomic E-state index is 12.2. The molecule has 24 heavy (non-hydrogen) atoms. The van der Waals surface area contributed by atoms with E-state index in [1.165, 1.54) is 25.7 Å². The van der Waals surface area contributed by atoms with Gasteiger partial charge < -0.3 is 5.32 Å². The second-order valence-electron chi connectivity index (χ2n) is 6.31. The summed E-state index contributed by atoms with van der Waals surface area (Å²) < 4.78 is 1.71. The maximum Gasteiger partial charge on any atom is 0.225 e. The summed E-state index contributed by atoms with van der Waals surface area (Å²) in [6, 6.07) is 7.19. The number of nitrogens with zero attached hydrogens (tertiary/aromatic N) is 2. The number of nitrogens with one attached hydrogen (secondary N) is 1. The van der Waals surface area contributed by atoms with E-state index >= 15 is 0 Å². The van der Waals surface area contributed by atoms with Gasteiger partial charge in [0.2, 0.25) is 5.91 Å². The van der Waals surface area contributed by atoms with Crippen LogP contribution in [0.25, 0.3) is 0 Å². The zero-order valence-corrected chi connectivity index (χ0v) is 15.0. The van der Waals surface area contributed by atoms with Crippen LogP contribution >= 0.6 is 23.2 Å². The summed E-state index contributed by atoms with van der Waals surface area (Å²) in [5.41, 5.74) is 0.797. The highest BCUT2D eigenvalue weighted by molar-refractivity contribution is 6.35. The largest absolute Gasteiger partial charge is 0.311 e. The smallest absolute Gasteiger partial charge is 0.225 e. The lowest BCUT2D eigenvalue weighted by molar-refractivity contribution is -0.116.